The van der Waals surface area contributed by atoms with Gasteiger partial charge in [0.15, 0.2) is 0 Å². The van der Waals surface area contributed by atoms with Crippen molar-refractivity contribution in [2.45, 2.75) is 25.7 Å². The Kier molecular flexibility index (Phi) is 7.47. The van der Waals surface area contributed by atoms with Crippen molar-refractivity contribution in [3.8, 4) is 5.75 Å². The first-order valence-corrected chi connectivity index (χ1v) is 12.0. The minimum atomic E-state index is -3.93. The fourth-order valence-electron chi connectivity index (χ4n) is 3.21. The molecule has 0 heterocycles. The highest BCUT2D eigenvalue weighted by molar-refractivity contribution is 7.92. The lowest BCUT2D eigenvalue weighted by molar-refractivity contribution is -0.384. The first-order chi connectivity index (χ1) is 16.1. The van der Waals surface area contributed by atoms with Gasteiger partial charge in [0.1, 0.15) is 17.1 Å². The molecule has 0 atom stereocenters. The molecule has 0 unspecified atom stereocenters. The maximum atomic E-state index is 13.0. The van der Waals surface area contributed by atoms with E-state index < -0.39 is 14.9 Å². The van der Waals surface area contributed by atoms with Gasteiger partial charge >= 0.3 is 0 Å². The lowest BCUT2D eigenvalue weighted by Gasteiger charge is -2.22. The average molecular weight is 484 g/mol. The summed E-state index contributed by atoms with van der Waals surface area (Å²) in [6, 6.07) is 14.8. The number of phenols is 1. The largest absolute Gasteiger partial charge is 0.506 e. The standard InChI is InChI=1S/C23H25N5O5S/c1-4-27(5-2)17-8-12-20(24-25-22-15-18(28(30)31)9-13-23(22)29)21(14-17)26-34(32,33)19-10-6-16(3)7-11-19/h6-15,26,29H,4-5H2,1-3H3. The second kappa shape index (κ2) is 10.3. The normalized spacial score (nSPS) is 11.5. The summed E-state index contributed by atoms with van der Waals surface area (Å²) in [7, 11) is -3.93. The summed E-state index contributed by atoms with van der Waals surface area (Å²) in [5, 5.41) is 29.1. The van der Waals surface area contributed by atoms with Gasteiger partial charge in [-0.25, -0.2) is 8.42 Å². The average Bonchev–Trinajstić information content (AvgIpc) is 2.80. The molecule has 34 heavy (non-hydrogen) atoms. The molecule has 178 valence electrons. The van der Waals surface area contributed by atoms with Crippen LogP contribution in [0.3, 0.4) is 0 Å². The van der Waals surface area contributed by atoms with Crippen LogP contribution >= 0.6 is 0 Å². The lowest BCUT2D eigenvalue weighted by atomic mass is 10.2. The molecule has 3 aromatic carbocycles. The maximum absolute atomic E-state index is 13.0. The molecule has 0 spiro atoms. The van der Waals surface area contributed by atoms with Crippen LogP contribution in [0.1, 0.15) is 19.4 Å². The van der Waals surface area contributed by atoms with E-state index in [1.54, 1.807) is 30.3 Å². The molecule has 10 nitrogen and oxygen atoms in total. The number of nitro benzene ring substituents is 1. The molecule has 0 saturated carbocycles. The fraction of sp³-hybridized carbons (Fsp3) is 0.217. The molecule has 0 saturated heterocycles. The Morgan fingerprint density at radius 1 is 0.971 bits per heavy atom. The highest BCUT2D eigenvalue weighted by Gasteiger charge is 2.18. The van der Waals surface area contributed by atoms with Gasteiger partial charge in [0.25, 0.3) is 15.7 Å². The number of azo groups is 1. The van der Waals surface area contributed by atoms with Crippen molar-refractivity contribution in [3.05, 3.63) is 76.3 Å². The highest BCUT2D eigenvalue weighted by Crippen LogP contribution is 2.36. The number of sulfonamides is 1. The molecule has 3 aromatic rings. The van der Waals surface area contributed by atoms with E-state index >= 15 is 0 Å². The molecule has 0 aliphatic carbocycles. The SMILES string of the molecule is CCN(CC)c1ccc(N=Nc2cc([N+](=O)[O-])ccc2O)c(NS(=O)(=O)c2ccc(C)cc2)c1. The van der Waals surface area contributed by atoms with Gasteiger partial charge in [-0.3, -0.25) is 14.8 Å². The number of nitrogens with one attached hydrogen (secondary N) is 1. The number of nitrogens with zero attached hydrogens (tertiary/aromatic N) is 4. The quantitative estimate of drug-likeness (QED) is 0.228. The number of benzene rings is 3. The number of phenolic OH excluding ortho intramolecular Hbond substituents is 1. The molecule has 11 heteroatoms. The monoisotopic (exact) mass is 483 g/mol. The Labute approximate surface area is 197 Å². The molecule has 2 N–H and O–H groups in total. The van der Waals surface area contributed by atoms with Crippen LogP contribution in [-0.2, 0) is 10.0 Å². The summed E-state index contributed by atoms with van der Waals surface area (Å²) >= 11 is 0. The Balaban J connectivity index is 2.05. The Bertz CT molecular complexity index is 1320. The van der Waals surface area contributed by atoms with Gasteiger partial charge in [0.2, 0.25) is 0 Å². The topological polar surface area (TPSA) is 138 Å². The number of anilines is 2. The van der Waals surface area contributed by atoms with Gasteiger partial charge in [-0.15, -0.1) is 10.2 Å². The van der Waals surface area contributed by atoms with Crippen LogP contribution in [0.4, 0.5) is 28.4 Å². The van der Waals surface area contributed by atoms with E-state index in [1.165, 1.54) is 12.1 Å². The van der Waals surface area contributed by atoms with Crippen molar-refractivity contribution in [1.82, 2.24) is 0 Å². The minimum Gasteiger partial charge on any atom is -0.506 e. The smallest absolute Gasteiger partial charge is 0.271 e. The van der Waals surface area contributed by atoms with Gasteiger partial charge in [-0.2, -0.15) is 0 Å². The third kappa shape index (κ3) is 5.67. The predicted octanol–water partition coefficient (Wildman–Crippen LogP) is 5.67. The van der Waals surface area contributed by atoms with Gasteiger partial charge < -0.3 is 10.0 Å². The predicted molar refractivity (Wildman–Crippen MR) is 131 cm³/mol. The van der Waals surface area contributed by atoms with E-state index in [9.17, 15) is 23.6 Å². The molecule has 0 amide bonds. The molecular weight excluding hydrogens is 458 g/mol. The maximum Gasteiger partial charge on any atom is 0.271 e. The van der Waals surface area contributed by atoms with Crippen LogP contribution in [0.25, 0.3) is 0 Å². The lowest BCUT2D eigenvalue weighted by Crippen LogP contribution is -2.22. The number of hydrogen-bond acceptors (Lipinski definition) is 8. The third-order valence-corrected chi connectivity index (χ3v) is 6.50. The Hall–Kier alpha value is -3.99. The van der Waals surface area contributed by atoms with Crippen LogP contribution in [-0.4, -0.2) is 31.5 Å². The van der Waals surface area contributed by atoms with E-state index in [0.29, 0.717) is 13.1 Å². The van der Waals surface area contributed by atoms with Crippen molar-refractivity contribution in [1.29, 1.82) is 0 Å². The van der Waals surface area contributed by atoms with Gasteiger partial charge in [0, 0.05) is 30.9 Å². The molecule has 0 aliphatic heterocycles. The summed E-state index contributed by atoms with van der Waals surface area (Å²) in [4.78, 5) is 12.5. The van der Waals surface area contributed by atoms with Crippen molar-refractivity contribution in [3.63, 3.8) is 0 Å². The Morgan fingerprint density at radius 2 is 1.62 bits per heavy atom. The van der Waals surface area contributed by atoms with E-state index in [0.717, 1.165) is 29.4 Å². The van der Waals surface area contributed by atoms with Crippen LogP contribution in [0.2, 0.25) is 0 Å². The van der Waals surface area contributed by atoms with E-state index in [2.05, 4.69) is 15.0 Å². The van der Waals surface area contributed by atoms with Crippen molar-refractivity contribution < 1.29 is 18.4 Å². The summed E-state index contributed by atoms with van der Waals surface area (Å²) in [6.45, 7) is 7.25. The summed E-state index contributed by atoms with van der Waals surface area (Å²) < 4.78 is 28.6. The van der Waals surface area contributed by atoms with Crippen LogP contribution in [0, 0.1) is 17.0 Å². The van der Waals surface area contributed by atoms with Crippen LogP contribution in [0.15, 0.2) is 75.8 Å². The molecule has 0 bridgehead atoms. The molecular formula is C23H25N5O5S. The second-order valence-electron chi connectivity index (χ2n) is 7.42. The number of rotatable bonds is 9. The zero-order valence-electron chi connectivity index (χ0n) is 19.0. The molecule has 3 rings (SSSR count). The molecule has 0 radical (unpaired) electrons. The van der Waals surface area contributed by atoms with Gasteiger partial charge in [-0.1, -0.05) is 17.7 Å². The summed E-state index contributed by atoms with van der Waals surface area (Å²) in [5.74, 6) is -0.295. The molecule has 0 fully saturated rings. The zero-order valence-corrected chi connectivity index (χ0v) is 19.8. The Morgan fingerprint density at radius 3 is 2.24 bits per heavy atom. The highest BCUT2D eigenvalue weighted by atomic mass is 32.2. The van der Waals surface area contributed by atoms with E-state index in [4.69, 9.17) is 0 Å². The van der Waals surface area contributed by atoms with Crippen molar-refractivity contribution in [2.75, 3.05) is 22.7 Å². The minimum absolute atomic E-state index is 0.0885. The van der Waals surface area contributed by atoms with Crippen molar-refractivity contribution >= 4 is 38.5 Å². The number of non-ortho nitro benzene ring substituents is 1. The molecule has 0 aromatic heterocycles. The summed E-state index contributed by atoms with van der Waals surface area (Å²) in [5.41, 5.74) is 1.69. The fourth-order valence-corrected chi connectivity index (χ4v) is 4.28. The third-order valence-electron chi connectivity index (χ3n) is 5.12. The van der Waals surface area contributed by atoms with E-state index in [-0.39, 0.29) is 33.4 Å². The van der Waals surface area contributed by atoms with Crippen molar-refractivity contribution in [2.24, 2.45) is 10.2 Å². The first kappa shape index (κ1) is 24.6. The number of hydrogen-bond donors (Lipinski definition) is 2. The van der Waals surface area contributed by atoms with E-state index in [1.807, 2.05) is 25.7 Å². The molecule has 0 aliphatic rings. The summed E-state index contributed by atoms with van der Waals surface area (Å²) in [6.07, 6.45) is 0. The van der Waals surface area contributed by atoms with Gasteiger partial charge in [-0.05, 0) is 57.2 Å². The number of aryl methyl sites for hydroxylation is 1. The first-order valence-electron chi connectivity index (χ1n) is 10.5. The number of nitro groups is 1. The number of aromatic hydroxyl groups is 1. The second-order valence-corrected chi connectivity index (χ2v) is 9.10. The van der Waals surface area contributed by atoms with Crippen LogP contribution in [0.5, 0.6) is 5.75 Å². The van der Waals surface area contributed by atoms with Gasteiger partial charge in [0.05, 0.1) is 15.5 Å². The zero-order chi connectivity index (χ0) is 24.9. The van der Waals surface area contributed by atoms with Crippen LogP contribution < -0.4 is 9.62 Å².